The van der Waals surface area contributed by atoms with Gasteiger partial charge in [0.25, 0.3) is 5.91 Å². The summed E-state index contributed by atoms with van der Waals surface area (Å²) in [6.45, 7) is 3.57. The Hall–Kier alpha value is -1.59. The average molecular weight is 344 g/mol. The van der Waals surface area contributed by atoms with Gasteiger partial charge in [-0.25, -0.2) is 0 Å². The predicted octanol–water partition coefficient (Wildman–Crippen LogP) is 2.60. The first kappa shape index (κ1) is 16.9. The van der Waals surface area contributed by atoms with Crippen LogP contribution < -0.4 is 10.1 Å². The van der Waals surface area contributed by atoms with Crippen molar-refractivity contribution in [2.24, 2.45) is 0 Å². The Balaban J connectivity index is 1.41. The molecular formula is C20H28N2O3. The number of hydrogen-bond donors (Lipinski definition) is 1. The zero-order chi connectivity index (χ0) is 17.1. The topological polar surface area (TPSA) is 50.8 Å². The quantitative estimate of drug-likeness (QED) is 0.892. The fourth-order valence-corrected chi connectivity index (χ4v) is 3.88. The number of carbonyl (C=O) groups is 1. The molecule has 0 bridgehead atoms. The van der Waals surface area contributed by atoms with Crippen LogP contribution in [0.1, 0.15) is 48.9 Å². The maximum absolute atomic E-state index is 13.1. The molecule has 1 aromatic rings. The molecule has 1 saturated carbocycles. The van der Waals surface area contributed by atoms with E-state index in [1.807, 2.05) is 24.3 Å². The van der Waals surface area contributed by atoms with Gasteiger partial charge in [0.2, 0.25) is 0 Å². The van der Waals surface area contributed by atoms with Crippen LogP contribution in [-0.2, 0) is 4.74 Å². The number of benzene rings is 1. The summed E-state index contributed by atoms with van der Waals surface area (Å²) < 4.78 is 11.5. The Morgan fingerprint density at radius 3 is 2.24 bits per heavy atom. The Bertz CT molecular complexity index is 573. The molecule has 2 heterocycles. The number of nitrogens with one attached hydrogen (secondary N) is 1. The molecule has 3 aliphatic rings. The third kappa shape index (κ3) is 4.15. The molecule has 0 unspecified atom stereocenters. The lowest BCUT2D eigenvalue weighted by atomic mass is 10.0. The molecule has 25 heavy (non-hydrogen) atoms. The normalized spacial score (nSPS) is 22.6. The summed E-state index contributed by atoms with van der Waals surface area (Å²) in [6.07, 6.45) is 6.56. The second kappa shape index (κ2) is 7.75. The highest BCUT2D eigenvalue weighted by atomic mass is 16.5. The Morgan fingerprint density at radius 2 is 1.60 bits per heavy atom. The molecule has 1 amide bonds. The zero-order valence-corrected chi connectivity index (χ0v) is 14.8. The summed E-state index contributed by atoms with van der Waals surface area (Å²) in [5, 5.41) is 3.35. The molecule has 0 aromatic heterocycles. The lowest BCUT2D eigenvalue weighted by Gasteiger charge is -2.34. The number of carbonyl (C=O) groups excluding carboxylic acids is 1. The van der Waals surface area contributed by atoms with Crippen molar-refractivity contribution in [1.29, 1.82) is 0 Å². The molecule has 1 aliphatic carbocycles. The number of piperidine rings is 1. The molecule has 0 atom stereocenters. The highest BCUT2D eigenvalue weighted by molar-refractivity contribution is 5.95. The molecule has 2 aliphatic heterocycles. The molecule has 2 saturated heterocycles. The van der Waals surface area contributed by atoms with Gasteiger partial charge in [0.05, 0.1) is 0 Å². The van der Waals surface area contributed by atoms with Crippen LogP contribution in [0.15, 0.2) is 24.3 Å². The minimum Gasteiger partial charge on any atom is -0.490 e. The largest absolute Gasteiger partial charge is 0.490 e. The fraction of sp³-hybridized carbons (Fsp3) is 0.650. The van der Waals surface area contributed by atoms with Crippen molar-refractivity contribution in [3.05, 3.63) is 29.8 Å². The first-order valence-corrected chi connectivity index (χ1v) is 9.69. The number of rotatable bonds is 5. The monoisotopic (exact) mass is 344 g/mol. The summed E-state index contributed by atoms with van der Waals surface area (Å²) in [7, 11) is 0. The van der Waals surface area contributed by atoms with E-state index in [0.717, 1.165) is 76.1 Å². The molecule has 3 fully saturated rings. The Morgan fingerprint density at radius 1 is 0.960 bits per heavy atom. The maximum Gasteiger partial charge on any atom is 0.254 e. The maximum atomic E-state index is 13.1. The third-order valence-corrected chi connectivity index (χ3v) is 5.45. The van der Waals surface area contributed by atoms with Gasteiger partial charge in [-0.15, -0.1) is 0 Å². The van der Waals surface area contributed by atoms with Crippen molar-refractivity contribution >= 4 is 5.91 Å². The van der Waals surface area contributed by atoms with Gasteiger partial charge in [-0.05, 0) is 75.9 Å². The molecule has 0 spiro atoms. The SMILES string of the molecule is O=C(c1ccc(OC2CCNCC2)cc1)N(C1CCOCC1)C1CC1. The van der Waals surface area contributed by atoms with E-state index < -0.39 is 0 Å². The molecule has 1 aromatic carbocycles. The van der Waals surface area contributed by atoms with Gasteiger partial charge in [0, 0.05) is 30.9 Å². The lowest BCUT2D eigenvalue weighted by Crippen LogP contribution is -2.44. The number of ether oxygens (including phenoxy) is 2. The van der Waals surface area contributed by atoms with Crippen LogP contribution >= 0.6 is 0 Å². The lowest BCUT2D eigenvalue weighted by molar-refractivity contribution is 0.0267. The van der Waals surface area contributed by atoms with Gasteiger partial charge >= 0.3 is 0 Å². The summed E-state index contributed by atoms with van der Waals surface area (Å²) in [6, 6.07) is 8.51. The van der Waals surface area contributed by atoms with Crippen LogP contribution in [0.2, 0.25) is 0 Å². The van der Waals surface area contributed by atoms with E-state index >= 15 is 0 Å². The minimum absolute atomic E-state index is 0.169. The van der Waals surface area contributed by atoms with E-state index in [1.54, 1.807) is 0 Å². The Kier molecular flexibility index (Phi) is 5.22. The molecular weight excluding hydrogens is 316 g/mol. The van der Waals surface area contributed by atoms with Crippen LogP contribution in [0, 0.1) is 0 Å². The summed E-state index contributed by atoms with van der Waals surface area (Å²) >= 11 is 0. The van der Waals surface area contributed by atoms with E-state index in [0.29, 0.717) is 12.1 Å². The fourth-order valence-electron chi connectivity index (χ4n) is 3.88. The van der Waals surface area contributed by atoms with E-state index in [-0.39, 0.29) is 12.0 Å². The van der Waals surface area contributed by atoms with Crippen molar-refractivity contribution in [3.8, 4) is 5.75 Å². The second-order valence-corrected chi connectivity index (χ2v) is 7.38. The first-order chi connectivity index (χ1) is 12.3. The van der Waals surface area contributed by atoms with Crippen LogP contribution in [0.25, 0.3) is 0 Å². The average Bonchev–Trinajstić information content (AvgIpc) is 3.49. The van der Waals surface area contributed by atoms with Crippen LogP contribution in [0.5, 0.6) is 5.75 Å². The van der Waals surface area contributed by atoms with Gasteiger partial charge in [0.15, 0.2) is 0 Å². The van der Waals surface area contributed by atoms with Crippen molar-refractivity contribution in [1.82, 2.24) is 10.2 Å². The van der Waals surface area contributed by atoms with Gasteiger partial charge < -0.3 is 19.7 Å². The predicted molar refractivity (Wildman–Crippen MR) is 96.0 cm³/mol. The first-order valence-electron chi connectivity index (χ1n) is 9.69. The van der Waals surface area contributed by atoms with Crippen LogP contribution in [-0.4, -0.2) is 55.3 Å². The van der Waals surface area contributed by atoms with E-state index in [9.17, 15) is 4.79 Å². The minimum atomic E-state index is 0.169. The van der Waals surface area contributed by atoms with Crippen LogP contribution in [0.4, 0.5) is 0 Å². The van der Waals surface area contributed by atoms with Crippen molar-refractivity contribution in [3.63, 3.8) is 0 Å². The Labute approximate surface area is 149 Å². The highest BCUT2D eigenvalue weighted by Crippen LogP contribution is 2.33. The molecule has 5 heteroatoms. The molecule has 1 N–H and O–H groups in total. The van der Waals surface area contributed by atoms with Crippen LogP contribution in [0.3, 0.4) is 0 Å². The van der Waals surface area contributed by atoms with Gasteiger partial charge in [-0.3, -0.25) is 4.79 Å². The van der Waals surface area contributed by atoms with Gasteiger partial charge in [0.1, 0.15) is 11.9 Å². The van der Waals surface area contributed by atoms with Gasteiger partial charge in [-0.2, -0.15) is 0 Å². The molecule has 5 nitrogen and oxygen atoms in total. The number of nitrogens with zero attached hydrogens (tertiary/aromatic N) is 1. The molecule has 136 valence electrons. The van der Waals surface area contributed by atoms with Gasteiger partial charge in [-0.1, -0.05) is 0 Å². The standard InChI is InChI=1S/C20H28N2O3/c23-20(22(16-3-4-16)17-9-13-24-14-10-17)15-1-5-18(6-2-15)25-19-7-11-21-12-8-19/h1-2,5-6,16-17,19,21H,3-4,7-14H2. The van der Waals surface area contributed by atoms with Crippen molar-refractivity contribution in [2.45, 2.75) is 56.7 Å². The highest BCUT2D eigenvalue weighted by Gasteiger charge is 2.38. The third-order valence-electron chi connectivity index (χ3n) is 5.45. The molecule has 4 rings (SSSR count). The molecule has 0 radical (unpaired) electrons. The van der Waals surface area contributed by atoms with E-state index in [1.165, 1.54) is 0 Å². The summed E-state index contributed by atoms with van der Waals surface area (Å²) in [4.78, 5) is 15.2. The zero-order valence-electron chi connectivity index (χ0n) is 14.8. The van der Waals surface area contributed by atoms with Crippen molar-refractivity contribution < 1.29 is 14.3 Å². The van der Waals surface area contributed by atoms with Crippen molar-refractivity contribution in [2.75, 3.05) is 26.3 Å². The number of hydrogen-bond acceptors (Lipinski definition) is 4. The van der Waals surface area contributed by atoms with E-state index in [2.05, 4.69) is 10.2 Å². The number of amides is 1. The smallest absolute Gasteiger partial charge is 0.254 e. The summed E-state index contributed by atoms with van der Waals surface area (Å²) in [5.74, 6) is 1.04. The summed E-state index contributed by atoms with van der Waals surface area (Å²) in [5.41, 5.74) is 0.774. The second-order valence-electron chi connectivity index (χ2n) is 7.38. The van der Waals surface area contributed by atoms with E-state index in [4.69, 9.17) is 9.47 Å².